The SMILES string of the molecule is CC.CC(=O)Oc1ccc(Cl)cc1Cc1ccc(C(=O)Nc2c(F)cccc2F)o1. The van der Waals surface area contributed by atoms with E-state index < -0.39 is 29.2 Å². The molecule has 0 fully saturated rings. The Kier molecular flexibility index (Phi) is 8.12. The summed E-state index contributed by atoms with van der Waals surface area (Å²) in [7, 11) is 0. The molecular formula is C22H20ClF2NO4. The van der Waals surface area contributed by atoms with E-state index in [-0.39, 0.29) is 12.2 Å². The summed E-state index contributed by atoms with van der Waals surface area (Å²) < 4.78 is 37.9. The number of amides is 1. The number of esters is 1. The molecule has 0 spiro atoms. The monoisotopic (exact) mass is 435 g/mol. The molecule has 3 aromatic rings. The Labute approximate surface area is 177 Å². The minimum Gasteiger partial charge on any atom is -0.456 e. The Morgan fingerprint density at radius 2 is 1.73 bits per heavy atom. The number of anilines is 1. The first kappa shape index (κ1) is 23.1. The first-order valence-corrected chi connectivity index (χ1v) is 9.52. The molecular weight excluding hydrogens is 416 g/mol. The minimum absolute atomic E-state index is 0.131. The smallest absolute Gasteiger partial charge is 0.308 e. The van der Waals surface area contributed by atoms with Gasteiger partial charge in [0.1, 0.15) is 28.8 Å². The molecule has 1 amide bonds. The fraction of sp³-hybridized carbons (Fsp3) is 0.182. The van der Waals surface area contributed by atoms with Crippen LogP contribution in [0.1, 0.15) is 42.6 Å². The first-order chi connectivity index (χ1) is 14.3. The second-order valence-electron chi connectivity index (χ2n) is 5.84. The molecule has 0 bridgehead atoms. The maximum atomic E-state index is 13.7. The molecule has 30 heavy (non-hydrogen) atoms. The van der Waals surface area contributed by atoms with Crippen LogP contribution in [0.15, 0.2) is 52.9 Å². The van der Waals surface area contributed by atoms with Crippen LogP contribution in [0.5, 0.6) is 5.75 Å². The number of para-hydroxylation sites is 1. The second-order valence-corrected chi connectivity index (χ2v) is 6.28. The molecule has 0 aliphatic carbocycles. The number of benzene rings is 2. The van der Waals surface area contributed by atoms with Crippen molar-refractivity contribution in [2.45, 2.75) is 27.2 Å². The molecule has 1 aromatic heterocycles. The Balaban J connectivity index is 0.00000155. The summed E-state index contributed by atoms with van der Waals surface area (Å²) in [6.45, 7) is 5.27. The molecule has 0 unspecified atom stereocenters. The van der Waals surface area contributed by atoms with Crippen LogP contribution in [-0.2, 0) is 11.2 Å². The molecule has 1 heterocycles. The predicted molar refractivity (Wildman–Crippen MR) is 110 cm³/mol. The molecule has 0 aliphatic rings. The third-order valence-corrected chi connectivity index (χ3v) is 3.96. The van der Waals surface area contributed by atoms with Crippen LogP contribution in [-0.4, -0.2) is 11.9 Å². The highest BCUT2D eigenvalue weighted by molar-refractivity contribution is 6.30. The van der Waals surface area contributed by atoms with Gasteiger partial charge in [-0.05, 0) is 42.5 Å². The van der Waals surface area contributed by atoms with Crippen molar-refractivity contribution in [3.05, 3.63) is 82.3 Å². The van der Waals surface area contributed by atoms with Crippen molar-refractivity contribution in [1.29, 1.82) is 0 Å². The Morgan fingerprint density at radius 1 is 1.07 bits per heavy atom. The van der Waals surface area contributed by atoms with Crippen LogP contribution >= 0.6 is 11.6 Å². The van der Waals surface area contributed by atoms with E-state index in [0.717, 1.165) is 12.1 Å². The lowest BCUT2D eigenvalue weighted by Crippen LogP contribution is -2.13. The van der Waals surface area contributed by atoms with E-state index in [0.29, 0.717) is 22.1 Å². The van der Waals surface area contributed by atoms with Crippen molar-refractivity contribution in [1.82, 2.24) is 0 Å². The summed E-state index contributed by atoms with van der Waals surface area (Å²) in [5, 5.41) is 2.58. The zero-order valence-electron chi connectivity index (χ0n) is 16.6. The largest absolute Gasteiger partial charge is 0.456 e. The summed E-state index contributed by atoms with van der Waals surface area (Å²) in [5.41, 5.74) is 0.0154. The normalized spacial score (nSPS) is 10.1. The molecule has 8 heteroatoms. The van der Waals surface area contributed by atoms with E-state index >= 15 is 0 Å². The third kappa shape index (κ3) is 5.90. The molecule has 0 atom stereocenters. The standard InChI is InChI=1S/C20H14ClF2NO4.C2H6/c1-11(25)27-17-7-5-13(21)9-12(17)10-14-6-8-18(28-14)20(26)24-19-15(22)3-2-4-16(19)23;1-2/h2-9H,10H2,1H3,(H,24,26);1-2H3. The average molecular weight is 436 g/mol. The van der Waals surface area contributed by atoms with Gasteiger partial charge in [-0.1, -0.05) is 31.5 Å². The van der Waals surface area contributed by atoms with Gasteiger partial charge in [-0.3, -0.25) is 9.59 Å². The summed E-state index contributed by atoms with van der Waals surface area (Å²) in [5.74, 6) is -2.54. The lowest BCUT2D eigenvalue weighted by molar-refractivity contribution is -0.131. The van der Waals surface area contributed by atoms with Crippen molar-refractivity contribution in [3.63, 3.8) is 0 Å². The summed E-state index contributed by atoms with van der Waals surface area (Å²) >= 11 is 5.99. The molecule has 158 valence electrons. The van der Waals surface area contributed by atoms with E-state index in [2.05, 4.69) is 5.32 Å². The van der Waals surface area contributed by atoms with Crippen LogP contribution in [0.3, 0.4) is 0 Å². The number of carbonyl (C=O) groups is 2. The average Bonchev–Trinajstić information content (AvgIpc) is 3.17. The number of carbonyl (C=O) groups excluding carboxylic acids is 2. The number of rotatable bonds is 5. The van der Waals surface area contributed by atoms with Crippen LogP contribution in [0.2, 0.25) is 5.02 Å². The Morgan fingerprint density at radius 3 is 2.37 bits per heavy atom. The van der Waals surface area contributed by atoms with Crippen molar-refractivity contribution < 1.29 is 27.5 Å². The fourth-order valence-electron chi connectivity index (χ4n) is 2.52. The first-order valence-electron chi connectivity index (χ1n) is 9.14. The van der Waals surface area contributed by atoms with Gasteiger partial charge < -0.3 is 14.5 Å². The summed E-state index contributed by atoms with van der Waals surface area (Å²) in [4.78, 5) is 23.5. The molecule has 5 nitrogen and oxygen atoms in total. The number of ether oxygens (including phenoxy) is 1. The topological polar surface area (TPSA) is 68.5 Å². The van der Waals surface area contributed by atoms with Crippen LogP contribution in [0, 0.1) is 11.6 Å². The van der Waals surface area contributed by atoms with E-state index in [1.165, 1.54) is 25.1 Å². The van der Waals surface area contributed by atoms with Gasteiger partial charge in [0, 0.05) is 23.9 Å². The molecule has 2 aromatic carbocycles. The fourth-order valence-corrected chi connectivity index (χ4v) is 2.71. The molecule has 0 aliphatic heterocycles. The predicted octanol–water partition coefficient (Wildman–Crippen LogP) is 6.01. The minimum atomic E-state index is -0.898. The number of hydrogen-bond acceptors (Lipinski definition) is 4. The van der Waals surface area contributed by atoms with E-state index in [9.17, 15) is 18.4 Å². The van der Waals surface area contributed by atoms with Crippen LogP contribution in [0.4, 0.5) is 14.5 Å². The Bertz CT molecular complexity index is 1030. The summed E-state index contributed by atoms with van der Waals surface area (Å²) in [6, 6.07) is 10.9. The van der Waals surface area contributed by atoms with Crippen molar-refractivity contribution >= 4 is 29.2 Å². The molecule has 1 N–H and O–H groups in total. The van der Waals surface area contributed by atoms with Gasteiger partial charge in [-0.2, -0.15) is 0 Å². The lowest BCUT2D eigenvalue weighted by atomic mass is 10.1. The van der Waals surface area contributed by atoms with Crippen molar-refractivity contribution in [2.75, 3.05) is 5.32 Å². The van der Waals surface area contributed by atoms with Gasteiger partial charge in [0.15, 0.2) is 5.76 Å². The third-order valence-electron chi connectivity index (χ3n) is 3.73. The van der Waals surface area contributed by atoms with Gasteiger partial charge in [-0.15, -0.1) is 0 Å². The molecule has 0 saturated heterocycles. The number of halogens is 3. The molecule has 0 saturated carbocycles. The second kappa shape index (κ2) is 10.5. The zero-order chi connectivity index (χ0) is 22.3. The van der Waals surface area contributed by atoms with E-state index in [4.69, 9.17) is 20.8 Å². The lowest BCUT2D eigenvalue weighted by Gasteiger charge is -2.08. The highest BCUT2D eigenvalue weighted by Gasteiger charge is 2.17. The molecule has 0 radical (unpaired) electrons. The van der Waals surface area contributed by atoms with Gasteiger partial charge in [0.05, 0.1) is 0 Å². The summed E-state index contributed by atoms with van der Waals surface area (Å²) in [6.07, 6.45) is 0.185. The van der Waals surface area contributed by atoms with Crippen molar-refractivity contribution in [3.8, 4) is 5.75 Å². The van der Waals surface area contributed by atoms with E-state index in [1.807, 2.05) is 13.8 Å². The van der Waals surface area contributed by atoms with Crippen LogP contribution in [0.25, 0.3) is 0 Å². The van der Waals surface area contributed by atoms with Gasteiger partial charge in [0.2, 0.25) is 0 Å². The number of hydrogen-bond donors (Lipinski definition) is 1. The van der Waals surface area contributed by atoms with Crippen molar-refractivity contribution in [2.24, 2.45) is 0 Å². The van der Waals surface area contributed by atoms with Gasteiger partial charge in [0.25, 0.3) is 5.91 Å². The Hall–Kier alpha value is -3.19. The maximum Gasteiger partial charge on any atom is 0.308 e. The highest BCUT2D eigenvalue weighted by Crippen LogP contribution is 2.27. The molecule has 3 rings (SSSR count). The zero-order valence-corrected chi connectivity index (χ0v) is 17.3. The van der Waals surface area contributed by atoms with Gasteiger partial charge >= 0.3 is 5.97 Å². The van der Waals surface area contributed by atoms with Crippen LogP contribution < -0.4 is 10.1 Å². The highest BCUT2D eigenvalue weighted by atomic mass is 35.5. The quantitative estimate of drug-likeness (QED) is 0.394. The maximum absolute atomic E-state index is 13.7. The number of nitrogens with one attached hydrogen (secondary N) is 1. The van der Waals surface area contributed by atoms with Gasteiger partial charge in [-0.25, -0.2) is 8.78 Å². The number of furan rings is 1. The van der Waals surface area contributed by atoms with E-state index in [1.54, 1.807) is 18.2 Å².